The Labute approximate surface area is 159 Å². The third-order valence-electron chi connectivity index (χ3n) is 3.53. The van der Waals surface area contributed by atoms with Crippen molar-refractivity contribution in [2.75, 3.05) is 29.7 Å². The van der Waals surface area contributed by atoms with Gasteiger partial charge in [-0.25, -0.2) is 13.8 Å². The van der Waals surface area contributed by atoms with Crippen LogP contribution in [0.15, 0.2) is 54.7 Å². The number of ether oxygens (including phenoxy) is 1. The van der Waals surface area contributed by atoms with E-state index in [0.29, 0.717) is 17.1 Å². The predicted octanol–water partition coefficient (Wildman–Crippen LogP) is 3.83. The lowest BCUT2D eigenvalue weighted by Gasteiger charge is -2.11. The number of carbonyl (C=O) groups is 1. The molecule has 3 aromatic rings. The number of carbonyl (C=O) groups excluding carboxylic acids is 1. The van der Waals surface area contributed by atoms with Gasteiger partial charge in [-0.05, 0) is 42.5 Å². The number of methoxy groups -OCH3 is 1. The molecule has 3 rings (SSSR count). The third kappa shape index (κ3) is 5.21. The van der Waals surface area contributed by atoms with Crippen molar-refractivity contribution in [3.8, 4) is 0 Å². The highest BCUT2D eigenvalue weighted by molar-refractivity contribution is 5.92. The first-order chi connectivity index (χ1) is 13.5. The summed E-state index contributed by atoms with van der Waals surface area (Å²) in [6, 6.07) is 12.3. The van der Waals surface area contributed by atoms with Crippen LogP contribution in [0.5, 0.6) is 0 Å². The Bertz CT molecular complexity index is 967. The summed E-state index contributed by atoms with van der Waals surface area (Å²) in [5.41, 5.74) is 1.63. The topological polar surface area (TPSA) is 88.2 Å². The number of nitrogens with one attached hydrogen (secondary N) is 3. The first-order valence-corrected chi connectivity index (χ1v) is 8.24. The number of amides is 1. The summed E-state index contributed by atoms with van der Waals surface area (Å²) >= 11 is 0. The highest BCUT2D eigenvalue weighted by Gasteiger charge is 2.09. The minimum Gasteiger partial charge on any atom is -0.375 e. The van der Waals surface area contributed by atoms with Crippen LogP contribution in [0.4, 0.5) is 37.6 Å². The van der Waals surface area contributed by atoms with Gasteiger partial charge in [-0.3, -0.25) is 4.79 Å². The number of hydrogen-bond donors (Lipinski definition) is 3. The fourth-order valence-corrected chi connectivity index (χ4v) is 2.32. The van der Waals surface area contributed by atoms with Crippen molar-refractivity contribution in [1.29, 1.82) is 0 Å². The molecule has 0 saturated carbocycles. The molecular weight excluding hydrogens is 368 g/mol. The molecule has 1 amide bonds. The van der Waals surface area contributed by atoms with Crippen molar-refractivity contribution < 1.29 is 18.3 Å². The highest BCUT2D eigenvalue weighted by atomic mass is 19.1. The Morgan fingerprint density at radius 1 is 1.04 bits per heavy atom. The maximum atomic E-state index is 14.0. The zero-order valence-corrected chi connectivity index (χ0v) is 14.9. The average Bonchev–Trinajstić information content (AvgIpc) is 2.67. The van der Waals surface area contributed by atoms with Crippen molar-refractivity contribution in [2.24, 2.45) is 0 Å². The van der Waals surface area contributed by atoms with E-state index in [1.54, 1.807) is 24.3 Å². The molecule has 0 unspecified atom stereocenters. The Balaban J connectivity index is 1.74. The van der Waals surface area contributed by atoms with Crippen LogP contribution in [-0.2, 0) is 9.53 Å². The zero-order chi connectivity index (χ0) is 19.9. The van der Waals surface area contributed by atoms with E-state index in [1.807, 2.05) is 0 Å². The van der Waals surface area contributed by atoms with Gasteiger partial charge in [0.15, 0.2) is 11.6 Å². The van der Waals surface area contributed by atoms with Gasteiger partial charge in [0.2, 0.25) is 11.9 Å². The van der Waals surface area contributed by atoms with Gasteiger partial charge in [-0.15, -0.1) is 0 Å². The van der Waals surface area contributed by atoms with Gasteiger partial charge >= 0.3 is 0 Å². The van der Waals surface area contributed by atoms with Gasteiger partial charge in [-0.1, -0.05) is 6.07 Å². The largest absolute Gasteiger partial charge is 0.375 e. The molecule has 0 saturated heterocycles. The summed E-state index contributed by atoms with van der Waals surface area (Å²) in [5.74, 6) is -1.26. The number of nitrogens with zero attached hydrogens (tertiary/aromatic N) is 2. The van der Waals surface area contributed by atoms with Crippen LogP contribution in [0.2, 0.25) is 0 Å². The number of aromatic nitrogens is 2. The van der Waals surface area contributed by atoms with E-state index in [2.05, 4.69) is 25.9 Å². The van der Waals surface area contributed by atoms with Crippen molar-refractivity contribution in [1.82, 2.24) is 9.97 Å². The molecule has 28 heavy (non-hydrogen) atoms. The standard InChI is InChI=1S/C19H17F2N5O2/c1-28-11-17(27)23-14-3-2-4-15(9-14)25-19-22-10-16(21)18(26-19)24-13-7-5-12(20)6-8-13/h2-10H,11H2,1H3,(H,23,27)(H2,22,24,25,26). The second kappa shape index (κ2) is 8.87. The number of halogens is 2. The molecule has 0 bridgehead atoms. The molecular formula is C19H17F2N5O2. The molecule has 144 valence electrons. The lowest BCUT2D eigenvalue weighted by molar-refractivity contribution is -0.119. The van der Waals surface area contributed by atoms with Gasteiger partial charge in [0.1, 0.15) is 12.4 Å². The minimum atomic E-state index is -0.657. The van der Waals surface area contributed by atoms with Gasteiger partial charge in [0.25, 0.3) is 0 Å². The molecule has 0 spiro atoms. The van der Waals surface area contributed by atoms with Crippen LogP contribution in [0, 0.1) is 11.6 Å². The van der Waals surface area contributed by atoms with Crippen molar-refractivity contribution in [3.05, 3.63) is 66.4 Å². The highest BCUT2D eigenvalue weighted by Crippen LogP contribution is 2.22. The SMILES string of the molecule is COCC(=O)Nc1cccc(Nc2ncc(F)c(Nc3ccc(F)cc3)n2)c1. The molecule has 0 aliphatic heterocycles. The summed E-state index contributed by atoms with van der Waals surface area (Å²) < 4.78 is 31.8. The van der Waals surface area contributed by atoms with E-state index in [4.69, 9.17) is 4.74 Å². The van der Waals surface area contributed by atoms with Crippen LogP contribution in [-0.4, -0.2) is 29.6 Å². The normalized spacial score (nSPS) is 10.4. The fourth-order valence-electron chi connectivity index (χ4n) is 2.32. The van der Waals surface area contributed by atoms with E-state index in [0.717, 1.165) is 6.20 Å². The molecule has 2 aromatic carbocycles. The van der Waals surface area contributed by atoms with Gasteiger partial charge < -0.3 is 20.7 Å². The molecule has 0 fully saturated rings. The van der Waals surface area contributed by atoms with E-state index in [1.165, 1.54) is 31.4 Å². The summed E-state index contributed by atoms with van der Waals surface area (Å²) in [7, 11) is 1.43. The quantitative estimate of drug-likeness (QED) is 0.573. The molecule has 3 N–H and O–H groups in total. The van der Waals surface area contributed by atoms with Gasteiger partial charge in [-0.2, -0.15) is 4.98 Å². The van der Waals surface area contributed by atoms with Crippen LogP contribution >= 0.6 is 0 Å². The van der Waals surface area contributed by atoms with Crippen LogP contribution in [0.3, 0.4) is 0 Å². The molecule has 1 aromatic heterocycles. The first kappa shape index (κ1) is 19.2. The second-order valence-corrected chi connectivity index (χ2v) is 5.71. The number of rotatable bonds is 7. The Morgan fingerprint density at radius 2 is 1.79 bits per heavy atom. The van der Waals surface area contributed by atoms with Crippen LogP contribution < -0.4 is 16.0 Å². The van der Waals surface area contributed by atoms with E-state index < -0.39 is 11.6 Å². The molecule has 0 aliphatic carbocycles. The lowest BCUT2D eigenvalue weighted by Crippen LogP contribution is -2.17. The summed E-state index contributed by atoms with van der Waals surface area (Å²) in [4.78, 5) is 19.6. The Hall–Kier alpha value is -3.59. The fraction of sp³-hybridized carbons (Fsp3) is 0.105. The molecule has 0 radical (unpaired) electrons. The summed E-state index contributed by atoms with van der Waals surface area (Å²) in [5, 5.41) is 8.39. The van der Waals surface area contributed by atoms with Crippen LogP contribution in [0.1, 0.15) is 0 Å². The maximum Gasteiger partial charge on any atom is 0.250 e. The molecule has 7 nitrogen and oxygen atoms in total. The van der Waals surface area contributed by atoms with Crippen LogP contribution in [0.25, 0.3) is 0 Å². The molecule has 0 atom stereocenters. The van der Waals surface area contributed by atoms with E-state index in [9.17, 15) is 13.6 Å². The third-order valence-corrected chi connectivity index (χ3v) is 3.53. The van der Waals surface area contributed by atoms with Gasteiger partial charge in [0.05, 0.1) is 6.20 Å². The van der Waals surface area contributed by atoms with Crippen molar-refractivity contribution in [2.45, 2.75) is 0 Å². The monoisotopic (exact) mass is 385 g/mol. The van der Waals surface area contributed by atoms with E-state index in [-0.39, 0.29) is 24.3 Å². The molecule has 9 heteroatoms. The molecule has 0 aliphatic rings. The van der Waals surface area contributed by atoms with Crippen molar-refractivity contribution >= 4 is 34.7 Å². The van der Waals surface area contributed by atoms with Crippen molar-refractivity contribution in [3.63, 3.8) is 0 Å². The number of benzene rings is 2. The smallest absolute Gasteiger partial charge is 0.250 e. The number of hydrogen-bond acceptors (Lipinski definition) is 6. The first-order valence-electron chi connectivity index (χ1n) is 8.24. The Morgan fingerprint density at radius 3 is 2.54 bits per heavy atom. The lowest BCUT2D eigenvalue weighted by atomic mass is 10.2. The second-order valence-electron chi connectivity index (χ2n) is 5.71. The van der Waals surface area contributed by atoms with E-state index >= 15 is 0 Å². The predicted molar refractivity (Wildman–Crippen MR) is 102 cm³/mol. The Kier molecular flexibility index (Phi) is 6.07. The zero-order valence-electron chi connectivity index (χ0n) is 14.9. The number of anilines is 5. The molecule has 1 heterocycles. The summed E-state index contributed by atoms with van der Waals surface area (Å²) in [6.07, 6.45) is 1.02. The maximum absolute atomic E-state index is 14.0. The average molecular weight is 385 g/mol. The summed E-state index contributed by atoms with van der Waals surface area (Å²) in [6.45, 7) is -0.0584. The minimum absolute atomic E-state index is 0.0584. The van der Waals surface area contributed by atoms with Gasteiger partial charge in [0, 0.05) is 24.2 Å².